The molecule has 0 unspecified atom stereocenters. The highest BCUT2D eigenvalue weighted by Crippen LogP contribution is 2.18. The lowest BCUT2D eigenvalue weighted by atomic mass is 10.3. The highest BCUT2D eigenvalue weighted by molar-refractivity contribution is 7.89. The first-order valence-corrected chi connectivity index (χ1v) is 6.07. The van der Waals surface area contributed by atoms with E-state index in [1.807, 2.05) is 0 Å². The van der Waals surface area contributed by atoms with E-state index in [1.165, 1.54) is 19.0 Å². The molecule has 0 aromatic heterocycles. The van der Waals surface area contributed by atoms with Crippen molar-refractivity contribution in [3.8, 4) is 0 Å². The Bertz CT molecular complexity index is 542. The van der Waals surface area contributed by atoms with Gasteiger partial charge in [0.15, 0.2) is 0 Å². The van der Waals surface area contributed by atoms with Crippen LogP contribution in [0.15, 0.2) is 23.1 Å². The zero-order valence-corrected chi connectivity index (χ0v) is 10.1. The van der Waals surface area contributed by atoms with Crippen LogP contribution in [0.4, 0.5) is 14.9 Å². The zero-order valence-electron chi connectivity index (χ0n) is 9.27. The van der Waals surface area contributed by atoms with Crippen LogP contribution in [0.5, 0.6) is 0 Å². The topological polar surface area (TPSA) is 92.5 Å². The number of rotatable bonds is 2. The van der Waals surface area contributed by atoms with Gasteiger partial charge < -0.3 is 10.2 Å². The van der Waals surface area contributed by atoms with Gasteiger partial charge in [0, 0.05) is 14.1 Å². The largest absolute Gasteiger partial charge is 0.331 e. The molecule has 0 bridgehead atoms. The van der Waals surface area contributed by atoms with Crippen molar-refractivity contribution in [2.24, 2.45) is 5.14 Å². The summed E-state index contributed by atoms with van der Waals surface area (Å²) in [5, 5.41) is 7.11. The van der Waals surface area contributed by atoms with Gasteiger partial charge in [-0.25, -0.2) is 22.7 Å². The summed E-state index contributed by atoms with van der Waals surface area (Å²) < 4.78 is 35.4. The van der Waals surface area contributed by atoms with E-state index >= 15 is 0 Å². The predicted molar refractivity (Wildman–Crippen MR) is 60.5 cm³/mol. The maximum absolute atomic E-state index is 13.3. The number of carbonyl (C=O) groups excluding carboxylic acids is 1. The smallest absolute Gasteiger partial charge is 0.321 e. The van der Waals surface area contributed by atoms with Gasteiger partial charge >= 0.3 is 6.03 Å². The minimum atomic E-state index is -3.93. The third-order valence-electron chi connectivity index (χ3n) is 1.91. The predicted octanol–water partition coefficient (Wildman–Crippen LogP) is 0.567. The second-order valence-electron chi connectivity index (χ2n) is 3.51. The van der Waals surface area contributed by atoms with E-state index < -0.39 is 21.9 Å². The van der Waals surface area contributed by atoms with Gasteiger partial charge in [-0.3, -0.25) is 0 Å². The molecular formula is C9H12FN3O3S. The second kappa shape index (κ2) is 4.68. The summed E-state index contributed by atoms with van der Waals surface area (Å²) in [4.78, 5) is 12.2. The van der Waals surface area contributed by atoms with Crippen LogP contribution in [0, 0.1) is 5.82 Å². The fraction of sp³-hybridized carbons (Fsp3) is 0.222. The number of anilines is 1. The van der Waals surface area contributed by atoms with Crippen molar-refractivity contribution in [1.82, 2.24) is 4.90 Å². The van der Waals surface area contributed by atoms with Gasteiger partial charge in [-0.1, -0.05) is 0 Å². The molecule has 0 heterocycles. The van der Waals surface area contributed by atoms with Crippen molar-refractivity contribution in [2.75, 3.05) is 19.4 Å². The van der Waals surface area contributed by atoms with Gasteiger partial charge in [0.05, 0.1) is 10.6 Å². The number of benzene rings is 1. The Morgan fingerprint density at radius 3 is 2.47 bits per heavy atom. The number of sulfonamides is 1. The Hall–Kier alpha value is -1.67. The van der Waals surface area contributed by atoms with Crippen LogP contribution in [0.3, 0.4) is 0 Å². The van der Waals surface area contributed by atoms with Crippen molar-refractivity contribution < 1.29 is 17.6 Å². The van der Waals surface area contributed by atoms with Crippen molar-refractivity contribution in [2.45, 2.75) is 4.90 Å². The Morgan fingerprint density at radius 2 is 2.00 bits per heavy atom. The Balaban J connectivity index is 3.12. The molecule has 0 aliphatic carbocycles. The molecule has 0 fully saturated rings. The molecule has 0 radical (unpaired) electrons. The molecule has 1 aromatic rings. The van der Waals surface area contributed by atoms with Gasteiger partial charge in [0.25, 0.3) is 0 Å². The highest BCUT2D eigenvalue weighted by atomic mass is 32.2. The fourth-order valence-corrected chi connectivity index (χ4v) is 1.54. The number of amides is 2. The first-order chi connectivity index (χ1) is 7.71. The third kappa shape index (κ3) is 3.40. The third-order valence-corrected chi connectivity index (χ3v) is 2.83. The maximum atomic E-state index is 13.3. The number of hydrogen-bond acceptors (Lipinski definition) is 3. The number of primary sulfonamides is 1. The monoisotopic (exact) mass is 261 g/mol. The second-order valence-corrected chi connectivity index (χ2v) is 5.07. The maximum Gasteiger partial charge on any atom is 0.321 e. The molecule has 0 spiro atoms. The summed E-state index contributed by atoms with van der Waals surface area (Å²) in [6.07, 6.45) is 0. The molecule has 1 aromatic carbocycles. The average Bonchev–Trinajstić information content (AvgIpc) is 2.19. The van der Waals surface area contributed by atoms with Gasteiger partial charge in [-0.2, -0.15) is 0 Å². The average molecular weight is 261 g/mol. The first-order valence-electron chi connectivity index (χ1n) is 4.52. The van der Waals surface area contributed by atoms with Crippen molar-refractivity contribution in [1.29, 1.82) is 0 Å². The molecule has 0 atom stereocenters. The van der Waals surface area contributed by atoms with Crippen LogP contribution in [-0.4, -0.2) is 33.4 Å². The van der Waals surface area contributed by atoms with Gasteiger partial charge in [-0.15, -0.1) is 0 Å². The lowest BCUT2D eigenvalue weighted by molar-refractivity contribution is 0.230. The van der Waals surface area contributed by atoms with Crippen LogP contribution in [0.1, 0.15) is 0 Å². The molecule has 0 aliphatic heterocycles. The quantitative estimate of drug-likeness (QED) is 0.815. The van der Waals surface area contributed by atoms with E-state index in [-0.39, 0.29) is 10.6 Å². The Morgan fingerprint density at radius 1 is 1.41 bits per heavy atom. The summed E-state index contributed by atoms with van der Waals surface area (Å²) in [7, 11) is -0.992. The number of nitrogens with one attached hydrogen (secondary N) is 1. The van der Waals surface area contributed by atoms with Crippen LogP contribution < -0.4 is 10.5 Å². The zero-order chi connectivity index (χ0) is 13.2. The summed E-state index contributed by atoms with van der Waals surface area (Å²) in [6.45, 7) is 0. The summed E-state index contributed by atoms with van der Waals surface area (Å²) >= 11 is 0. The number of hydrogen-bond donors (Lipinski definition) is 2. The number of nitrogens with zero attached hydrogens (tertiary/aromatic N) is 1. The van der Waals surface area contributed by atoms with Crippen molar-refractivity contribution in [3.63, 3.8) is 0 Å². The fourth-order valence-electron chi connectivity index (χ4n) is 1.00. The summed E-state index contributed by atoms with van der Waals surface area (Å²) in [6, 6.07) is 2.34. The Kier molecular flexibility index (Phi) is 3.69. The van der Waals surface area contributed by atoms with Crippen LogP contribution >= 0.6 is 0 Å². The first kappa shape index (κ1) is 13.4. The minimum Gasteiger partial charge on any atom is -0.331 e. The number of halogens is 1. The SMILES string of the molecule is CN(C)C(=O)Nc1cc(S(N)(=O)=O)ccc1F. The molecule has 8 heteroatoms. The van der Waals surface area contributed by atoms with Gasteiger partial charge in [0.1, 0.15) is 5.82 Å². The summed E-state index contributed by atoms with van der Waals surface area (Å²) in [5.41, 5.74) is -0.241. The van der Waals surface area contributed by atoms with E-state index in [0.29, 0.717) is 0 Å². The van der Waals surface area contributed by atoms with E-state index in [0.717, 1.165) is 18.2 Å². The normalized spacial score (nSPS) is 11.1. The van der Waals surface area contributed by atoms with E-state index in [2.05, 4.69) is 5.32 Å². The van der Waals surface area contributed by atoms with E-state index in [4.69, 9.17) is 5.14 Å². The van der Waals surface area contributed by atoms with Crippen LogP contribution in [-0.2, 0) is 10.0 Å². The Labute approximate surface area is 98.3 Å². The van der Waals surface area contributed by atoms with Crippen molar-refractivity contribution in [3.05, 3.63) is 24.0 Å². The number of nitrogens with two attached hydrogens (primary N) is 1. The minimum absolute atomic E-state index is 0.241. The lowest BCUT2D eigenvalue weighted by Crippen LogP contribution is -2.27. The molecule has 0 aliphatic rings. The van der Waals surface area contributed by atoms with E-state index in [1.54, 1.807) is 0 Å². The van der Waals surface area contributed by atoms with Crippen molar-refractivity contribution >= 4 is 21.7 Å². The molecule has 0 saturated heterocycles. The van der Waals surface area contributed by atoms with Gasteiger partial charge in [0.2, 0.25) is 10.0 Å². The molecule has 3 N–H and O–H groups in total. The van der Waals surface area contributed by atoms with Crippen LogP contribution in [0.2, 0.25) is 0 Å². The molecule has 1 rings (SSSR count). The van der Waals surface area contributed by atoms with Crippen LogP contribution in [0.25, 0.3) is 0 Å². The number of urea groups is 1. The van der Waals surface area contributed by atoms with Gasteiger partial charge in [-0.05, 0) is 18.2 Å². The molecule has 17 heavy (non-hydrogen) atoms. The summed E-state index contributed by atoms with van der Waals surface area (Å²) in [5.74, 6) is -0.743. The standard InChI is InChI=1S/C9H12FN3O3S/c1-13(2)9(14)12-8-5-6(17(11,15)16)3-4-7(8)10/h3-5H,1-2H3,(H,12,14)(H2,11,15,16). The molecule has 94 valence electrons. The molecule has 2 amide bonds. The van der Waals surface area contributed by atoms with E-state index in [9.17, 15) is 17.6 Å². The lowest BCUT2D eigenvalue weighted by Gasteiger charge is -2.13. The highest BCUT2D eigenvalue weighted by Gasteiger charge is 2.13. The number of carbonyl (C=O) groups is 1. The molecular weight excluding hydrogens is 249 g/mol. The molecule has 0 saturated carbocycles. The molecule has 6 nitrogen and oxygen atoms in total.